The van der Waals surface area contributed by atoms with Crippen LogP contribution in [0.2, 0.25) is 0 Å². The van der Waals surface area contributed by atoms with E-state index in [0.29, 0.717) is 35.1 Å². The number of benzene rings is 2. The molecule has 3 atom stereocenters. The van der Waals surface area contributed by atoms with Crippen LogP contribution in [0.25, 0.3) is 0 Å². The van der Waals surface area contributed by atoms with E-state index in [-0.39, 0.29) is 17.3 Å². The summed E-state index contributed by atoms with van der Waals surface area (Å²) >= 11 is 3.38. The minimum Gasteiger partial charge on any atom is -0.388 e. The highest BCUT2D eigenvalue weighted by Gasteiger charge is 2.46. The number of halogens is 1. The van der Waals surface area contributed by atoms with Gasteiger partial charge in [-0.05, 0) is 59.3 Å². The number of anilines is 2. The number of nitrogens with one attached hydrogen (secondary N) is 2. The largest absolute Gasteiger partial charge is 0.388 e. The van der Waals surface area contributed by atoms with Crippen molar-refractivity contribution in [3.8, 4) is 0 Å². The monoisotopic (exact) mass is 550 g/mol. The van der Waals surface area contributed by atoms with Crippen LogP contribution < -0.4 is 10.6 Å². The van der Waals surface area contributed by atoms with Crippen LogP contribution in [0.3, 0.4) is 0 Å². The zero-order chi connectivity index (χ0) is 25.8. The zero-order valence-electron chi connectivity index (χ0n) is 19.7. The molecule has 0 amide bonds. The third-order valence-corrected chi connectivity index (χ3v) is 7.16. The maximum Gasteiger partial charge on any atom is 0.270 e. The first-order valence-electron chi connectivity index (χ1n) is 11.6. The van der Waals surface area contributed by atoms with E-state index in [1.54, 1.807) is 18.2 Å². The number of hydrogen-bond donors (Lipinski definition) is 4. The van der Waals surface area contributed by atoms with Crippen molar-refractivity contribution in [1.29, 1.82) is 0 Å². The Morgan fingerprint density at radius 1 is 1.00 bits per heavy atom. The lowest BCUT2D eigenvalue weighted by Crippen LogP contribution is -2.57. The summed E-state index contributed by atoms with van der Waals surface area (Å²) in [6, 6.07) is 9.85. The standard InChI is InChI=1S/C24H31BrN4O6/c1-15(2)13-21(26-16-5-7-17(8-6-16)28(32)33)22(30)23(31)24(11-3-4-12-24)27-20-10-9-18(29(34)35)14-19(20)25/h5-10,14-15,21-23,26-27,30-31H,3-4,11-13H2,1-2H3/t21-,22?,23?/m0/s1. The van der Waals surface area contributed by atoms with E-state index in [2.05, 4.69) is 26.6 Å². The number of nitrogens with zero attached hydrogens (tertiary/aromatic N) is 2. The molecule has 4 N–H and O–H groups in total. The molecule has 1 fully saturated rings. The molecule has 2 aromatic carbocycles. The number of non-ortho nitro benzene ring substituents is 2. The van der Waals surface area contributed by atoms with E-state index in [1.165, 1.54) is 24.3 Å². The molecule has 1 aliphatic rings. The van der Waals surface area contributed by atoms with Gasteiger partial charge in [-0.2, -0.15) is 0 Å². The van der Waals surface area contributed by atoms with Crippen LogP contribution in [-0.2, 0) is 0 Å². The SMILES string of the molecule is CC(C)C[C@H](Nc1ccc([N+](=O)[O-])cc1)C(O)C(O)C1(Nc2ccc([N+](=O)[O-])cc2Br)CCCC1. The number of aliphatic hydroxyl groups excluding tert-OH is 2. The highest BCUT2D eigenvalue weighted by molar-refractivity contribution is 9.10. The average Bonchev–Trinajstić information content (AvgIpc) is 3.28. The highest BCUT2D eigenvalue weighted by Crippen LogP contribution is 2.40. The maximum absolute atomic E-state index is 11.5. The Hall–Kier alpha value is -2.76. The highest BCUT2D eigenvalue weighted by atomic mass is 79.9. The zero-order valence-corrected chi connectivity index (χ0v) is 21.3. The first kappa shape index (κ1) is 26.8. The summed E-state index contributed by atoms with van der Waals surface area (Å²) < 4.78 is 0.502. The predicted octanol–water partition coefficient (Wildman–Crippen LogP) is 5.24. The molecule has 0 spiro atoms. The van der Waals surface area contributed by atoms with Gasteiger partial charge in [-0.25, -0.2) is 0 Å². The second-order valence-corrected chi connectivity index (χ2v) is 10.4. The number of aliphatic hydroxyl groups is 2. The van der Waals surface area contributed by atoms with Gasteiger partial charge in [0.05, 0.1) is 21.4 Å². The topological polar surface area (TPSA) is 151 Å². The van der Waals surface area contributed by atoms with Crippen molar-refractivity contribution in [1.82, 2.24) is 0 Å². The number of hydrogen-bond acceptors (Lipinski definition) is 8. The predicted molar refractivity (Wildman–Crippen MR) is 138 cm³/mol. The summed E-state index contributed by atoms with van der Waals surface area (Å²) in [4.78, 5) is 21.1. The molecule has 35 heavy (non-hydrogen) atoms. The van der Waals surface area contributed by atoms with Gasteiger partial charge in [-0.15, -0.1) is 0 Å². The van der Waals surface area contributed by atoms with Gasteiger partial charge in [0, 0.05) is 40.1 Å². The van der Waals surface area contributed by atoms with E-state index in [4.69, 9.17) is 0 Å². The molecule has 0 radical (unpaired) electrons. The molecule has 1 saturated carbocycles. The van der Waals surface area contributed by atoms with Crippen molar-refractivity contribution in [2.24, 2.45) is 5.92 Å². The second-order valence-electron chi connectivity index (χ2n) is 9.53. The lowest BCUT2D eigenvalue weighted by molar-refractivity contribution is -0.385. The van der Waals surface area contributed by atoms with Crippen molar-refractivity contribution in [3.05, 3.63) is 67.2 Å². The normalized spacial score (nSPS) is 17.5. The van der Waals surface area contributed by atoms with E-state index in [9.17, 15) is 30.4 Å². The van der Waals surface area contributed by atoms with Crippen LogP contribution in [0.15, 0.2) is 46.9 Å². The second kappa shape index (κ2) is 11.3. The fourth-order valence-electron chi connectivity index (χ4n) is 4.72. The van der Waals surface area contributed by atoms with Crippen LogP contribution in [0, 0.1) is 26.1 Å². The van der Waals surface area contributed by atoms with Crippen molar-refractivity contribution in [2.75, 3.05) is 10.6 Å². The van der Waals surface area contributed by atoms with Crippen LogP contribution >= 0.6 is 15.9 Å². The Bertz CT molecular complexity index is 1040. The van der Waals surface area contributed by atoms with Crippen LogP contribution in [-0.4, -0.2) is 43.8 Å². The molecule has 0 bridgehead atoms. The number of rotatable bonds is 11. The summed E-state index contributed by atoms with van der Waals surface area (Å²) in [5.41, 5.74) is 0.323. The molecule has 2 unspecified atom stereocenters. The Kier molecular flexibility index (Phi) is 8.68. The van der Waals surface area contributed by atoms with E-state index < -0.39 is 33.6 Å². The molecule has 3 rings (SSSR count). The maximum atomic E-state index is 11.5. The van der Waals surface area contributed by atoms with Crippen LogP contribution in [0.4, 0.5) is 22.7 Å². The van der Waals surface area contributed by atoms with E-state index in [1.807, 2.05) is 13.8 Å². The number of nitro benzene ring substituents is 2. The molecule has 0 aromatic heterocycles. The molecule has 2 aromatic rings. The van der Waals surface area contributed by atoms with Gasteiger partial charge in [-0.1, -0.05) is 26.7 Å². The van der Waals surface area contributed by atoms with E-state index in [0.717, 1.165) is 12.8 Å². The van der Waals surface area contributed by atoms with Crippen LogP contribution in [0.5, 0.6) is 0 Å². The molecule has 10 nitrogen and oxygen atoms in total. The van der Waals surface area contributed by atoms with Gasteiger partial charge >= 0.3 is 0 Å². The Labute approximate surface area is 212 Å². The summed E-state index contributed by atoms with van der Waals surface area (Å²) in [6.07, 6.45) is 1.27. The van der Waals surface area contributed by atoms with Gasteiger partial charge in [0.1, 0.15) is 12.2 Å². The molecular weight excluding hydrogens is 520 g/mol. The van der Waals surface area contributed by atoms with Gasteiger partial charge in [0.15, 0.2) is 0 Å². The molecule has 1 aliphatic carbocycles. The summed E-state index contributed by atoms with van der Waals surface area (Å²) in [5.74, 6) is 0.212. The minimum atomic E-state index is -1.14. The summed E-state index contributed by atoms with van der Waals surface area (Å²) in [5, 5.41) is 51.5. The van der Waals surface area contributed by atoms with Crippen molar-refractivity contribution >= 4 is 38.7 Å². The Balaban J connectivity index is 1.84. The molecule has 190 valence electrons. The summed E-state index contributed by atoms with van der Waals surface area (Å²) in [6.45, 7) is 4.03. The fourth-order valence-corrected chi connectivity index (χ4v) is 5.19. The minimum absolute atomic E-state index is 0.0284. The molecule has 0 aliphatic heterocycles. The molecular formula is C24H31BrN4O6. The Morgan fingerprint density at radius 3 is 2.09 bits per heavy atom. The first-order valence-corrected chi connectivity index (χ1v) is 12.4. The molecule has 0 heterocycles. The lowest BCUT2D eigenvalue weighted by atomic mass is 9.82. The smallest absolute Gasteiger partial charge is 0.270 e. The molecule has 11 heteroatoms. The van der Waals surface area contributed by atoms with Gasteiger partial charge < -0.3 is 20.8 Å². The van der Waals surface area contributed by atoms with Crippen molar-refractivity contribution in [2.45, 2.75) is 69.7 Å². The van der Waals surface area contributed by atoms with Crippen molar-refractivity contribution < 1.29 is 20.1 Å². The average molecular weight is 551 g/mol. The first-order chi connectivity index (χ1) is 16.5. The van der Waals surface area contributed by atoms with Gasteiger partial charge in [0.25, 0.3) is 11.4 Å². The third-order valence-electron chi connectivity index (χ3n) is 6.50. The Morgan fingerprint density at radius 2 is 1.57 bits per heavy atom. The van der Waals surface area contributed by atoms with E-state index >= 15 is 0 Å². The third kappa shape index (κ3) is 6.47. The quantitative estimate of drug-likeness (QED) is 0.219. The van der Waals surface area contributed by atoms with Gasteiger partial charge in [0.2, 0.25) is 0 Å². The van der Waals surface area contributed by atoms with Gasteiger partial charge in [-0.3, -0.25) is 20.2 Å². The fraction of sp³-hybridized carbons (Fsp3) is 0.500. The number of nitro groups is 2. The van der Waals surface area contributed by atoms with Crippen LogP contribution in [0.1, 0.15) is 46.0 Å². The molecule has 0 saturated heterocycles. The van der Waals surface area contributed by atoms with Crippen molar-refractivity contribution in [3.63, 3.8) is 0 Å². The lowest BCUT2D eigenvalue weighted by Gasteiger charge is -2.41. The summed E-state index contributed by atoms with van der Waals surface area (Å²) in [7, 11) is 0.